The topological polar surface area (TPSA) is 43.1 Å². The van der Waals surface area contributed by atoms with Gasteiger partial charge >= 0.3 is 5.63 Å². The zero-order valence-electron chi connectivity index (χ0n) is 10.9. The number of fused-ring (bicyclic) bond motifs is 1. The summed E-state index contributed by atoms with van der Waals surface area (Å²) in [7, 11) is 0. The van der Waals surface area contributed by atoms with Crippen molar-refractivity contribution in [2.24, 2.45) is 0 Å². The molecule has 0 spiro atoms. The molecular formula is C16H12ClNO2. The first-order chi connectivity index (χ1) is 9.61. The van der Waals surface area contributed by atoms with E-state index in [1.165, 1.54) is 0 Å². The molecule has 0 aliphatic heterocycles. The maximum Gasteiger partial charge on any atom is 0.346 e. The highest BCUT2D eigenvalue weighted by Gasteiger charge is 2.07. The molecule has 0 aliphatic rings. The molecule has 0 radical (unpaired) electrons. The molecule has 4 heteroatoms. The number of rotatable bonds is 2. The second-order valence-corrected chi connectivity index (χ2v) is 5.16. The van der Waals surface area contributed by atoms with Gasteiger partial charge in [-0.1, -0.05) is 35.4 Å². The van der Waals surface area contributed by atoms with Gasteiger partial charge in [-0.2, -0.15) is 0 Å². The van der Waals surface area contributed by atoms with E-state index in [0.717, 1.165) is 11.1 Å². The molecule has 0 amide bonds. The highest BCUT2D eigenvalue weighted by Crippen LogP contribution is 2.15. The number of halogens is 1. The zero-order chi connectivity index (χ0) is 14.1. The van der Waals surface area contributed by atoms with Gasteiger partial charge in [0.25, 0.3) is 0 Å². The van der Waals surface area contributed by atoms with Crippen molar-refractivity contribution in [1.29, 1.82) is 0 Å². The summed E-state index contributed by atoms with van der Waals surface area (Å²) < 4.78 is 5.28. The lowest BCUT2D eigenvalue weighted by molar-refractivity contribution is 0.454. The van der Waals surface area contributed by atoms with Crippen LogP contribution in [-0.4, -0.2) is 4.98 Å². The van der Waals surface area contributed by atoms with Crippen molar-refractivity contribution in [2.75, 3.05) is 0 Å². The van der Waals surface area contributed by atoms with Gasteiger partial charge in [0.15, 0.2) is 0 Å². The monoisotopic (exact) mass is 285 g/mol. The Morgan fingerprint density at radius 1 is 1.15 bits per heavy atom. The first-order valence-electron chi connectivity index (χ1n) is 6.27. The quantitative estimate of drug-likeness (QED) is 0.720. The van der Waals surface area contributed by atoms with Gasteiger partial charge in [-0.25, -0.2) is 9.78 Å². The van der Waals surface area contributed by atoms with Crippen molar-refractivity contribution in [3.63, 3.8) is 0 Å². The van der Waals surface area contributed by atoms with E-state index in [9.17, 15) is 4.79 Å². The third kappa shape index (κ3) is 2.58. The van der Waals surface area contributed by atoms with Crippen molar-refractivity contribution in [1.82, 2.24) is 4.98 Å². The Hall–Kier alpha value is -2.13. The zero-order valence-corrected chi connectivity index (χ0v) is 11.6. The Bertz CT molecular complexity index is 822. The minimum absolute atomic E-state index is 0.345. The Morgan fingerprint density at radius 3 is 2.65 bits per heavy atom. The third-order valence-corrected chi connectivity index (χ3v) is 3.35. The molecule has 1 heterocycles. The van der Waals surface area contributed by atoms with Crippen molar-refractivity contribution in [2.45, 2.75) is 13.3 Å². The van der Waals surface area contributed by atoms with Crippen molar-refractivity contribution < 1.29 is 4.42 Å². The summed E-state index contributed by atoms with van der Waals surface area (Å²) in [4.78, 5) is 16.4. The van der Waals surface area contributed by atoms with Gasteiger partial charge in [0.2, 0.25) is 5.89 Å². The van der Waals surface area contributed by atoms with Crippen LogP contribution in [0, 0.1) is 6.92 Å². The molecule has 100 valence electrons. The van der Waals surface area contributed by atoms with E-state index in [2.05, 4.69) is 4.98 Å². The van der Waals surface area contributed by atoms with Crippen LogP contribution in [0.15, 0.2) is 51.7 Å². The second-order valence-electron chi connectivity index (χ2n) is 4.72. The molecule has 0 bridgehead atoms. The van der Waals surface area contributed by atoms with Crippen molar-refractivity contribution in [3.05, 3.63) is 74.9 Å². The van der Waals surface area contributed by atoms with Crippen LogP contribution < -0.4 is 5.63 Å². The smallest absolute Gasteiger partial charge is 0.346 e. The normalized spacial score (nSPS) is 10.9. The molecule has 3 nitrogen and oxygen atoms in total. The highest BCUT2D eigenvalue weighted by atomic mass is 35.5. The van der Waals surface area contributed by atoms with E-state index in [-0.39, 0.29) is 5.63 Å². The lowest BCUT2D eigenvalue weighted by atomic mass is 10.1. The Labute approximate surface area is 120 Å². The summed E-state index contributed by atoms with van der Waals surface area (Å²) in [6.07, 6.45) is 0.468. The highest BCUT2D eigenvalue weighted by molar-refractivity contribution is 6.30. The molecule has 0 saturated carbocycles. The third-order valence-electron chi connectivity index (χ3n) is 3.10. The molecule has 3 rings (SSSR count). The maximum atomic E-state index is 12.0. The van der Waals surface area contributed by atoms with Gasteiger partial charge in [-0.3, -0.25) is 0 Å². The summed E-state index contributed by atoms with van der Waals surface area (Å²) in [5, 5.41) is 1.20. The Morgan fingerprint density at radius 2 is 1.90 bits per heavy atom. The van der Waals surface area contributed by atoms with Crippen LogP contribution in [0.3, 0.4) is 0 Å². The fourth-order valence-electron chi connectivity index (χ4n) is 2.08. The van der Waals surface area contributed by atoms with E-state index in [1.807, 2.05) is 31.2 Å². The SMILES string of the molecule is Cc1ccc2nc(Cc3ccc(Cl)cc3)oc(=O)c2c1. The number of hydrogen-bond acceptors (Lipinski definition) is 3. The van der Waals surface area contributed by atoms with Gasteiger partial charge in [-0.15, -0.1) is 0 Å². The summed E-state index contributed by atoms with van der Waals surface area (Å²) in [5.74, 6) is 0.411. The summed E-state index contributed by atoms with van der Waals surface area (Å²) >= 11 is 5.84. The number of nitrogens with zero attached hydrogens (tertiary/aromatic N) is 1. The second kappa shape index (κ2) is 5.10. The van der Waals surface area contributed by atoms with Crippen LogP contribution in [0.4, 0.5) is 0 Å². The minimum Gasteiger partial charge on any atom is -0.408 e. The standard InChI is InChI=1S/C16H12ClNO2/c1-10-2-7-14-13(8-10)16(19)20-15(18-14)9-11-3-5-12(17)6-4-11/h2-8H,9H2,1H3. The van der Waals surface area contributed by atoms with E-state index in [0.29, 0.717) is 28.2 Å². The molecule has 0 unspecified atom stereocenters. The van der Waals surface area contributed by atoms with Crippen LogP contribution in [0.25, 0.3) is 10.9 Å². The number of benzene rings is 2. The molecule has 0 fully saturated rings. The molecule has 2 aromatic carbocycles. The van der Waals surface area contributed by atoms with Gasteiger partial charge in [0, 0.05) is 11.4 Å². The average Bonchev–Trinajstić information content (AvgIpc) is 2.42. The molecule has 0 saturated heterocycles. The Kier molecular flexibility index (Phi) is 3.28. The van der Waals surface area contributed by atoms with Gasteiger partial charge in [0.1, 0.15) is 0 Å². The van der Waals surface area contributed by atoms with E-state index in [4.69, 9.17) is 16.0 Å². The maximum absolute atomic E-state index is 12.0. The molecule has 0 N–H and O–H groups in total. The van der Waals surface area contributed by atoms with Gasteiger partial charge < -0.3 is 4.42 Å². The summed E-state index contributed by atoms with van der Waals surface area (Å²) in [5.41, 5.74) is 2.33. The average molecular weight is 286 g/mol. The first kappa shape index (κ1) is 12.9. The predicted octanol–water partition coefficient (Wildman–Crippen LogP) is 3.74. The summed E-state index contributed by atoms with van der Waals surface area (Å²) in [6, 6.07) is 13.0. The molecule has 3 aromatic rings. The lowest BCUT2D eigenvalue weighted by Gasteiger charge is -2.03. The van der Waals surface area contributed by atoms with Crippen LogP contribution >= 0.6 is 11.6 Å². The first-order valence-corrected chi connectivity index (χ1v) is 6.64. The lowest BCUT2D eigenvalue weighted by Crippen LogP contribution is -2.06. The summed E-state index contributed by atoms with van der Waals surface area (Å²) in [6.45, 7) is 1.93. The van der Waals surface area contributed by atoms with E-state index < -0.39 is 0 Å². The molecule has 20 heavy (non-hydrogen) atoms. The van der Waals surface area contributed by atoms with E-state index >= 15 is 0 Å². The number of hydrogen-bond donors (Lipinski definition) is 0. The fraction of sp³-hybridized carbons (Fsp3) is 0.125. The predicted molar refractivity (Wildman–Crippen MR) is 79.3 cm³/mol. The van der Waals surface area contributed by atoms with Crippen LogP contribution in [0.2, 0.25) is 5.02 Å². The van der Waals surface area contributed by atoms with Crippen LogP contribution in [0.1, 0.15) is 17.0 Å². The van der Waals surface area contributed by atoms with Crippen LogP contribution in [-0.2, 0) is 6.42 Å². The van der Waals surface area contributed by atoms with Gasteiger partial charge in [0.05, 0.1) is 10.9 Å². The number of aryl methyl sites for hydroxylation is 1. The van der Waals surface area contributed by atoms with Crippen LogP contribution in [0.5, 0.6) is 0 Å². The van der Waals surface area contributed by atoms with Crippen molar-refractivity contribution >= 4 is 22.5 Å². The molecule has 1 aromatic heterocycles. The number of aromatic nitrogens is 1. The molecule has 0 atom stereocenters. The van der Waals surface area contributed by atoms with Gasteiger partial charge in [-0.05, 0) is 36.8 Å². The Balaban J connectivity index is 2.02. The van der Waals surface area contributed by atoms with E-state index in [1.54, 1.807) is 18.2 Å². The molecule has 0 aliphatic carbocycles. The van der Waals surface area contributed by atoms with Crippen molar-refractivity contribution in [3.8, 4) is 0 Å². The fourth-order valence-corrected chi connectivity index (χ4v) is 2.21. The molecular weight excluding hydrogens is 274 g/mol. The minimum atomic E-state index is -0.345. The largest absolute Gasteiger partial charge is 0.408 e.